The minimum absolute atomic E-state index is 0.0788. The van der Waals surface area contributed by atoms with Crippen LogP contribution in [0.25, 0.3) is 0 Å². The molecular formula is C13H21O6-. The maximum absolute atomic E-state index is 12.0. The van der Waals surface area contributed by atoms with Crippen LogP contribution in [0.15, 0.2) is 0 Å². The number of carbonyl (C=O) groups is 2. The number of ether oxygens (including phenoxy) is 3. The summed E-state index contributed by atoms with van der Waals surface area (Å²) in [5, 5.41) is 11.5. The van der Waals surface area contributed by atoms with Crippen LogP contribution in [0.4, 0.5) is 0 Å². The summed E-state index contributed by atoms with van der Waals surface area (Å²) in [5.41, 5.74) is -2.11. The number of rotatable bonds is 6. The van der Waals surface area contributed by atoms with Gasteiger partial charge in [0, 0.05) is 6.61 Å². The van der Waals surface area contributed by atoms with Gasteiger partial charge in [0.25, 0.3) is 0 Å². The number of carboxylic acids is 1. The van der Waals surface area contributed by atoms with Crippen molar-refractivity contribution in [3.05, 3.63) is 0 Å². The van der Waals surface area contributed by atoms with Crippen molar-refractivity contribution in [2.75, 3.05) is 13.2 Å². The number of hydrogen-bond donors (Lipinski definition) is 0. The molecule has 19 heavy (non-hydrogen) atoms. The molecule has 0 N–H and O–H groups in total. The Morgan fingerprint density at radius 2 is 2.11 bits per heavy atom. The highest BCUT2D eigenvalue weighted by atomic mass is 16.7. The third-order valence-corrected chi connectivity index (χ3v) is 3.15. The molecule has 1 heterocycles. The molecule has 0 radical (unpaired) electrons. The van der Waals surface area contributed by atoms with E-state index in [-0.39, 0.29) is 6.61 Å². The van der Waals surface area contributed by atoms with Crippen molar-refractivity contribution in [3.8, 4) is 0 Å². The average molecular weight is 273 g/mol. The summed E-state index contributed by atoms with van der Waals surface area (Å²) in [6.07, 6.45) is 1.62. The van der Waals surface area contributed by atoms with Crippen LogP contribution in [0.2, 0.25) is 0 Å². The maximum Gasteiger partial charge on any atom is 0.344 e. The van der Waals surface area contributed by atoms with E-state index in [0.29, 0.717) is 13.0 Å². The maximum atomic E-state index is 12.0. The third-order valence-electron chi connectivity index (χ3n) is 3.15. The predicted octanol–water partition coefficient (Wildman–Crippen LogP) is 0.237. The van der Waals surface area contributed by atoms with Gasteiger partial charge in [-0.2, -0.15) is 0 Å². The van der Waals surface area contributed by atoms with Crippen LogP contribution in [0.1, 0.15) is 40.0 Å². The number of hydrogen-bond acceptors (Lipinski definition) is 6. The Bertz CT molecular complexity index is 321. The van der Waals surface area contributed by atoms with Gasteiger partial charge in [0.05, 0.1) is 12.6 Å². The van der Waals surface area contributed by atoms with Gasteiger partial charge in [0.1, 0.15) is 0 Å². The topological polar surface area (TPSA) is 84.9 Å². The zero-order chi connectivity index (χ0) is 14.5. The summed E-state index contributed by atoms with van der Waals surface area (Å²) in [6.45, 7) is 5.34. The molecule has 6 nitrogen and oxygen atoms in total. The fourth-order valence-corrected chi connectivity index (χ4v) is 2.04. The smallest absolute Gasteiger partial charge is 0.344 e. The lowest BCUT2D eigenvalue weighted by atomic mass is 9.90. The second kappa shape index (κ2) is 6.86. The van der Waals surface area contributed by atoms with Gasteiger partial charge in [-0.05, 0) is 32.1 Å². The lowest BCUT2D eigenvalue weighted by Crippen LogP contribution is -2.61. The van der Waals surface area contributed by atoms with Crippen LogP contribution in [0, 0.1) is 5.92 Å². The number of carbonyl (C=O) groups excluding carboxylic acids is 2. The second-order valence-electron chi connectivity index (χ2n) is 4.81. The number of carboxylic acid groups (broad SMARTS) is 1. The minimum atomic E-state index is -2.11. The summed E-state index contributed by atoms with van der Waals surface area (Å²) >= 11 is 0. The molecule has 110 valence electrons. The molecule has 0 spiro atoms. The molecule has 0 saturated carbocycles. The summed E-state index contributed by atoms with van der Waals surface area (Å²) in [4.78, 5) is 23.5. The van der Waals surface area contributed by atoms with Gasteiger partial charge in [-0.15, -0.1) is 0 Å². The van der Waals surface area contributed by atoms with E-state index in [4.69, 9.17) is 14.2 Å². The van der Waals surface area contributed by atoms with Crippen LogP contribution in [0.5, 0.6) is 0 Å². The van der Waals surface area contributed by atoms with E-state index in [1.165, 1.54) is 0 Å². The molecule has 0 aromatic heterocycles. The molecule has 6 heteroatoms. The largest absolute Gasteiger partial charge is 0.546 e. The molecule has 1 saturated heterocycles. The average Bonchev–Trinajstić information content (AvgIpc) is 2.36. The third kappa shape index (κ3) is 3.45. The molecular weight excluding hydrogens is 252 g/mol. The first-order valence-electron chi connectivity index (χ1n) is 6.63. The summed E-state index contributed by atoms with van der Waals surface area (Å²) in [5.74, 6) is -3.14. The Balaban J connectivity index is 2.94. The number of esters is 1. The molecule has 1 aliphatic rings. The van der Waals surface area contributed by atoms with Crippen molar-refractivity contribution in [1.29, 1.82) is 0 Å². The van der Waals surface area contributed by atoms with Crippen molar-refractivity contribution < 1.29 is 28.9 Å². The van der Waals surface area contributed by atoms with Crippen LogP contribution in [-0.2, 0) is 23.8 Å². The van der Waals surface area contributed by atoms with Gasteiger partial charge in [-0.1, -0.05) is 13.8 Å². The molecule has 0 aliphatic carbocycles. The van der Waals surface area contributed by atoms with Gasteiger partial charge >= 0.3 is 5.97 Å². The fraction of sp³-hybridized carbons (Fsp3) is 0.846. The fourth-order valence-electron chi connectivity index (χ4n) is 2.04. The Labute approximate surface area is 113 Å². The van der Waals surface area contributed by atoms with E-state index in [0.717, 1.165) is 12.8 Å². The Hall–Kier alpha value is -1.14. The van der Waals surface area contributed by atoms with Crippen molar-refractivity contribution >= 4 is 11.9 Å². The van der Waals surface area contributed by atoms with E-state index in [2.05, 4.69) is 0 Å². The molecule has 2 atom stereocenters. The normalized spacial score (nSPS) is 22.8. The van der Waals surface area contributed by atoms with Gasteiger partial charge < -0.3 is 24.1 Å². The van der Waals surface area contributed by atoms with Crippen molar-refractivity contribution in [1.82, 2.24) is 0 Å². The predicted molar refractivity (Wildman–Crippen MR) is 63.9 cm³/mol. The van der Waals surface area contributed by atoms with Crippen LogP contribution in [-0.4, -0.2) is 37.0 Å². The first-order chi connectivity index (χ1) is 8.95. The van der Waals surface area contributed by atoms with Crippen molar-refractivity contribution in [2.24, 2.45) is 5.92 Å². The SMILES string of the molecule is CCOC(=O)C(OC1CCCCO1)(C(=O)[O-])C(C)C. The lowest BCUT2D eigenvalue weighted by Gasteiger charge is -2.39. The van der Waals surface area contributed by atoms with Crippen molar-refractivity contribution in [2.45, 2.75) is 51.9 Å². The highest BCUT2D eigenvalue weighted by molar-refractivity contribution is 6.02. The van der Waals surface area contributed by atoms with E-state index in [9.17, 15) is 14.7 Å². The molecule has 0 bridgehead atoms. The standard InChI is InChI=1S/C13H22O6/c1-4-17-12(16)13(9(2)3,11(14)15)19-10-7-5-6-8-18-10/h9-10H,4-8H2,1-3H3,(H,14,15)/p-1. The summed E-state index contributed by atoms with van der Waals surface area (Å²) < 4.78 is 15.6. The van der Waals surface area contributed by atoms with Crippen LogP contribution in [0.3, 0.4) is 0 Å². The van der Waals surface area contributed by atoms with E-state index < -0.39 is 29.7 Å². The quantitative estimate of drug-likeness (QED) is 0.509. The van der Waals surface area contributed by atoms with Crippen molar-refractivity contribution in [3.63, 3.8) is 0 Å². The first-order valence-corrected chi connectivity index (χ1v) is 6.63. The summed E-state index contributed by atoms with van der Waals surface area (Å²) in [6, 6.07) is 0. The minimum Gasteiger partial charge on any atom is -0.546 e. The highest BCUT2D eigenvalue weighted by Crippen LogP contribution is 2.28. The van der Waals surface area contributed by atoms with E-state index in [1.807, 2.05) is 0 Å². The molecule has 0 aromatic rings. The zero-order valence-electron chi connectivity index (χ0n) is 11.6. The zero-order valence-corrected chi connectivity index (χ0v) is 11.6. The molecule has 0 amide bonds. The monoisotopic (exact) mass is 273 g/mol. The molecule has 2 unspecified atom stereocenters. The first kappa shape index (κ1) is 15.9. The molecule has 0 aromatic carbocycles. The van der Waals surface area contributed by atoms with Gasteiger partial charge in [-0.25, -0.2) is 4.79 Å². The van der Waals surface area contributed by atoms with Gasteiger partial charge in [0.15, 0.2) is 6.29 Å². The van der Waals surface area contributed by atoms with E-state index >= 15 is 0 Å². The Morgan fingerprint density at radius 1 is 1.42 bits per heavy atom. The van der Waals surface area contributed by atoms with Crippen LogP contribution >= 0.6 is 0 Å². The lowest BCUT2D eigenvalue weighted by molar-refractivity contribution is -0.341. The Kier molecular flexibility index (Phi) is 5.75. The molecule has 1 fully saturated rings. The molecule has 1 aliphatic heterocycles. The van der Waals surface area contributed by atoms with Crippen LogP contribution < -0.4 is 5.11 Å². The summed E-state index contributed by atoms with van der Waals surface area (Å²) in [7, 11) is 0. The Morgan fingerprint density at radius 3 is 2.53 bits per heavy atom. The highest BCUT2D eigenvalue weighted by Gasteiger charge is 2.48. The van der Waals surface area contributed by atoms with Gasteiger partial charge in [-0.3, -0.25) is 0 Å². The molecule has 1 rings (SSSR count). The number of aliphatic carboxylic acids is 1. The second-order valence-corrected chi connectivity index (χ2v) is 4.81. The van der Waals surface area contributed by atoms with Gasteiger partial charge in [0.2, 0.25) is 5.60 Å². The van der Waals surface area contributed by atoms with E-state index in [1.54, 1.807) is 20.8 Å².